The van der Waals surface area contributed by atoms with Gasteiger partial charge < -0.3 is 10.1 Å². The number of rotatable bonds is 2. The van der Waals surface area contributed by atoms with E-state index in [4.69, 9.17) is 4.74 Å². The van der Waals surface area contributed by atoms with E-state index in [1.165, 1.54) is 12.1 Å². The van der Waals surface area contributed by atoms with Gasteiger partial charge in [0, 0.05) is 16.6 Å². The SMILES string of the molecule is O=C(Nc1cc2c3c(cccc3c1)C(=O)OC2=O)c1ccc(C(F)(F)F)cc1. The minimum absolute atomic E-state index is 0.0215. The molecule has 140 valence electrons. The number of carbonyl (C=O) groups excluding carboxylic acids is 3. The first kappa shape index (κ1) is 17.7. The van der Waals surface area contributed by atoms with Crippen LogP contribution in [0.1, 0.15) is 36.6 Å². The molecule has 0 aliphatic carbocycles. The third-order valence-electron chi connectivity index (χ3n) is 4.33. The molecule has 0 aromatic heterocycles. The molecule has 0 saturated heterocycles. The smallest absolute Gasteiger partial charge is 0.386 e. The Bertz CT molecular complexity index is 1150. The Kier molecular flexibility index (Phi) is 3.92. The normalized spacial score (nSPS) is 13.4. The number of halogens is 3. The number of amides is 1. The molecule has 1 aliphatic rings. The van der Waals surface area contributed by atoms with Crippen LogP contribution in [0.3, 0.4) is 0 Å². The third kappa shape index (κ3) is 2.98. The summed E-state index contributed by atoms with van der Waals surface area (Å²) < 4.78 is 42.6. The van der Waals surface area contributed by atoms with Gasteiger partial charge in [0.25, 0.3) is 5.91 Å². The van der Waals surface area contributed by atoms with Gasteiger partial charge in [-0.1, -0.05) is 12.1 Å². The van der Waals surface area contributed by atoms with E-state index in [0.29, 0.717) is 10.8 Å². The van der Waals surface area contributed by atoms with Crippen molar-refractivity contribution in [2.45, 2.75) is 6.18 Å². The molecule has 0 bridgehead atoms. The topological polar surface area (TPSA) is 72.5 Å². The molecule has 1 aliphatic heterocycles. The predicted octanol–water partition coefficient (Wildman–Crippen LogP) is 4.42. The summed E-state index contributed by atoms with van der Waals surface area (Å²) in [6.45, 7) is 0. The highest BCUT2D eigenvalue weighted by atomic mass is 19.4. The highest BCUT2D eigenvalue weighted by Gasteiger charge is 2.30. The van der Waals surface area contributed by atoms with Crippen LogP contribution in [0.15, 0.2) is 54.6 Å². The maximum atomic E-state index is 12.6. The van der Waals surface area contributed by atoms with Crippen molar-refractivity contribution in [3.05, 3.63) is 76.9 Å². The molecule has 3 aromatic carbocycles. The molecule has 1 N–H and O–H groups in total. The van der Waals surface area contributed by atoms with Gasteiger partial charge in [-0.25, -0.2) is 9.59 Å². The number of ether oxygens (including phenoxy) is 1. The molecule has 1 amide bonds. The van der Waals surface area contributed by atoms with Gasteiger partial charge in [-0.2, -0.15) is 13.2 Å². The van der Waals surface area contributed by atoms with Crippen LogP contribution in [0.5, 0.6) is 0 Å². The van der Waals surface area contributed by atoms with E-state index in [9.17, 15) is 27.6 Å². The van der Waals surface area contributed by atoms with Crippen LogP contribution in [-0.2, 0) is 10.9 Å². The third-order valence-corrected chi connectivity index (χ3v) is 4.33. The molecular formula is C20H10F3NO4. The summed E-state index contributed by atoms with van der Waals surface area (Å²) in [5, 5.41) is 3.52. The molecule has 4 rings (SSSR count). The average Bonchev–Trinajstić information content (AvgIpc) is 2.65. The van der Waals surface area contributed by atoms with E-state index in [1.54, 1.807) is 18.2 Å². The zero-order valence-corrected chi connectivity index (χ0v) is 14.0. The van der Waals surface area contributed by atoms with Crippen molar-refractivity contribution in [3.8, 4) is 0 Å². The van der Waals surface area contributed by atoms with E-state index < -0.39 is 29.6 Å². The number of nitrogens with one attached hydrogen (secondary N) is 1. The van der Waals surface area contributed by atoms with Crippen molar-refractivity contribution < 1.29 is 32.3 Å². The zero-order valence-electron chi connectivity index (χ0n) is 14.0. The van der Waals surface area contributed by atoms with Gasteiger partial charge in [-0.05, 0) is 47.9 Å². The van der Waals surface area contributed by atoms with E-state index >= 15 is 0 Å². The molecule has 28 heavy (non-hydrogen) atoms. The highest BCUT2D eigenvalue weighted by Crippen LogP contribution is 2.32. The van der Waals surface area contributed by atoms with Gasteiger partial charge in [0.15, 0.2) is 0 Å². The lowest BCUT2D eigenvalue weighted by molar-refractivity contribution is -0.137. The van der Waals surface area contributed by atoms with Crippen LogP contribution >= 0.6 is 0 Å². The molecule has 0 unspecified atom stereocenters. The number of carbonyl (C=O) groups is 3. The Morgan fingerprint density at radius 1 is 0.893 bits per heavy atom. The minimum atomic E-state index is -4.49. The molecule has 8 heteroatoms. The highest BCUT2D eigenvalue weighted by molar-refractivity contribution is 6.21. The molecule has 1 heterocycles. The Morgan fingerprint density at radius 3 is 2.25 bits per heavy atom. The molecular weight excluding hydrogens is 375 g/mol. The molecule has 0 saturated carbocycles. The van der Waals surface area contributed by atoms with Crippen molar-refractivity contribution in [1.82, 2.24) is 0 Å². The fraction of sp³-hybridized carbons (Fsp3) is 0.0500. The van der Waals surface area contributed by atoms with Crippen LogP contribution in [0.25, 0.3) is 10.8 Å². The molecule has 0 radical (unpaired) electrons. The summed E-state index contributed by atoms with van der Waals surface area (Å²) in [7, 11) is 0. The number of hydrogen-bond acceptors (Lipinski definition) is 4. The molecule has 0 spiro atoms. The van der Waals surface area contributed by atoms with Crippen LogP contribution in [0.4, 0.5) is 18.9 Å². The monoisotopic (exact) mass is 385 g/mol. The number of hydrogen-bond donors (Lipinski definition) is 1. The second-order valence-electron chi connectivity index (χ2n) is 6.13. The summed E-state index contributed by atoms with van der Waals surface area (Å²) in [6, 6.07) is 11.5. The van der Waals surface area contributed by atoms with Crippen LogP contribution in [-0.4, -0.2) is 17.8 Å². The largest absolute Gasteiger partial charge is 0.416 e. The Morgan fingerprint density at radius 2 is 1.57 bits per heavy atom. The Labute approximate surface area is 155 Å². The summed E-state index contributed by atoms with van der Waals surface area (Å²) in [4.78, 5) is 36.3. The number of cyclic esters (lactones) is 2. The first-order valence-corrected chi connectivity index (χ1v) is 8.06. The summed E-state index contributed by atoms with van der Waals surface area (Å²) in [6.07, 6.45) is -4.49. The van der Waals surface area contributed by atoms with E-state index in [0.717, 1.165) is 24.3 Å². The van der Waals surface area contributed by atoms with E-state index in [1.807, 2.05) is 0 Å². The average molecular weight is 385 g/mol. The van der Waals surface area contributed by atoms with Crippen LogP contribution < -0.4 is 5.32 Å². The van der Waals surface area contributed by atoms with E-state index in [-0.39, 0.29) is 22.4 Å². The van der Waals surface area contributed by atoms with Crippen molar-refractivity contribution in [3.63, 3.8) is 0 Å². The van der Waals surface area contributed by atoms with Crippen molar-refractivity contribution >= 4 is 34.3 Å². The number of anilines is 1. The quantitative estimate of drug-likeness (QED) is 0.524. The molecule has 0 atom stereocenters. The lowest BCUT2D eigenvalue weighted by Crippen LogP contribution is -2.20. The standard InChI is InChI=1S/C20H10F3NO4/c21-20(22,23)12-6-4-10(5-7-12)17(25)24-13-8-11-2-1-3-14-16(11)15(9-13)19(27)28-18(14)26/h1-9H,(H,24,25). The molecule has 5 nitrogen and oxygen atoms in total. The fourth-order valence-electron chi connectivity index (χ4n) is 3.04. The van der Waals surface area contributed by atoms with Gasteiger partial charge in [-0.15, -0.1) is 0 Å². The lowest BCUT2D eigenvalue weighted by atomic mass is 9.96. The fourth-order valence-corrected chi connectivity index (χ4v) is 3.04. The van der Waals surface area contributed by atoms with Crippen molar-refractivity contribution in [2.24, 2.45) is 0 Å². The zero-order chi connectivity index (χ0) is 20.1. The van der Waals surface area contributed by atoms with Crippen molar-refractivity contribution in [2.75, 3.05) is 5.32 Å². The molecule has 3 aromatic rings. The van der Waals surface area contributed by atoms with Crippen molar-refractivity contribution in [1.29, 1.82) is 0 Å². The maximum absolute atomic E-state index is 12.6. The maximum Gasteiger partial charge on any atom is 0.416 e. The lowest BCUT2D eigenvalue weighted by Gasteiger charge is -2.17. The second-order valence-corrected chi connectivity index (χ2v) is 6.13. The predicted molar refractivity (Wildman–Crippen MR) is 93.1 cm³/mol. The van der Waals surface area contributed by atoms with Gasteiger partial charge in [0.2, 0.25) is 0 Å². The van der Waals surface area contributed by atoms with Gasteiger partial charge in [0.1, 0.15) is 0 Å². The van der Waals surface area contributed by atoms with Crippen LogP contribution in [0.2, 0.25) is 0 Å². The van der Waals surface area contributed by atoms with E-state index in [2.05, 4.69) is 5.32 Å². The first-order chi connectivity index (χ1) is 13.2. The number of benzene rings is 3. The number of alkyl halides is 3. The molecule has 0 fully saturated rings. The second kappa shape index (κ2) is 6.19. The van der Waals surface area contributed by atoms with Gasteiger partial charge in [-0.3, -0.25) is 4.79 Å². The summed E-state index contributed by atoms with van der Waals surface area (Å²) >= 11 is 0. The number of esters is 2. The Hall–Kier alpha value is -3.68. The minimum Gasteiger partial charge on any atom is -0.386 e. The van der Waals surface area contributed by atoms with Gasteiger partial charge in [0.05, 0.1) is 16.7 Å². The first-order valence-electron chi connectivity index (χ1n) is 8.06. The summed E-state index contributed by atoms with van der Waals surface area (Å²) in [5.41, 5.74) is -0.230. The summed E-state index contributed by atoms with van der Waals surface area (Å²) in [5.74, 6) is -2.22. The van der Waals surface area contributed by atoms with Gasteiger partial charge >= 0.3 is 18.1 Å². The van der Waals surface area contributed by atoms with Crippen LogP contribution in [0, 0.1) is 0 Å². The Balaban J connectivity index is 1.68.